The molecule has 6 nitrogen and oxygen atoms in total. The maximum Gasteiger partial charge on any atom is 0.311 e. The molecule has 0 aromatic rings. The zero-order chi connectivity index (χ0) is 24.0. The molecular weight excluding hydrogens is 418 g/mol. The average molecular weight is 453 g/mol. The molecule has 32 heavy (non-hydrogen) atoms. The van der Waals surface area contributed by atoms with Gasteiger partial charge in [-0.25, -0.2) is 0 Å². The van der Waals surface area contributed by atoms with Gasteiger partial charge >= 0.3 is 5.92 Å². The highest BCUT2D eigenvalue weighted by atomic mass is 19.3. The molecule has 2 rings (SSSR count). The maximum absolute atomic E-state index is 14.2. The topological polar surface area (TPSA) is 75.7 Å². The number of halogens is 2. The van der Waals surface area contributed by atoms with Gasteiger partial charge in [0.1, 0.15) is 0 Å². The second kappa shape index (κ2) is 10.6. The third-order valence-corrected chi connectivity index (χ3v) is 5.84. The van der Waals surface area contributed by atoms with E-state index in [-0.39, 0.29) is 31.2 Å². The molecule has 1 N–H and O–H groups in total. The molecule has 2 aliphatic rings. The number of rotatable bonds is 10. The van der Waals surface area contributed by atoms with Crippen molar-refractivity contribution in [2.45, 2.75) is 89.7 Å². The van der Waals surface area contributed by atoms with E-state index in [1.807, 2.05) is 33.6 Å². The van der Waals surface area contributed by atoms with E-state index in [9.17, 15) is 23.2 Å². The number of hydrogen-bond acceptors (Lipinski definition) is 4. The highest BCUT2D eigenvalue weighted by Gasteiger charge is 2.39. The lowest BCUT2D eigenvalue weighted by atomic mass is 9.89. The van der Waals surface area contributed by atoms with E-state index in [0.29, 0.717) is 32.3 Å². The summed E-state index contributed by atoms with van der Waals surface area (Å²) in [4.78, 5) is 37.0. The SMILES string of the molecule is CC(C)(CCOC(C)(C)CCN1C(=O)C=CC1=O)NC(=O)CC1CCCCC#CC1(F)F. The first-order valence-electron chi connectivity index (χ1n) is 11.2. The van der Waals surface area contributed by atoms with Crippen molar-refractivity contribution in [3.05, 3.63) is 12.2 Å². The van der Waals surface area contributed by atoms with E-state index in [1.165, 1.54) is 17.1 Å². The summed E-state index contributed by atoms with van der Waals surface area (Å²) in [5, 5.41) is 2.85. The molecule has 0 aromatic carbocycles. The molecule has 3 amide bonds. The Morgan fingerprint density at radius 3 is 2.50 bits per heavy atom. The van der Waals surface area contributed by atoms with Crippen LogP contribution in [0.15, 0.2) is 12.2 Å². The first-order chi connectivity index (χ1) is 14.8. The van der Waals surface area contributed by atoms with E-state index in [1.54, 1.807) is 0 Å². The van der Waals surface area contributed by atoms with Crippen molar-refractivity contribution in [1.29, 1.82) is 0 Å². The normalized spacial score (nSPS) is 21.1. The number of hydrogen-bond donors (Lipinski definition) is 1. The lowest BCUT2D eigenvalue weighted by molar-refractivity contribution is -0.137. The molecule has 0 radical (unpaired) electrons. The number of alkyl halides is 2. The van der Waals surface area contributed by atoms with Gasteiger partial charge in [-0.3, -0.25) is 19.3 Å². The Morgan fingerprint density at radius 1 is 1.19 bits per heavy atom. The summed E-state index contributed by atoms with van der Waals surface area (Å²) in [6.45, 7) is 7.97. The Balaban J connectivity index is 1.78. The molecule has 0 saturated heterocycles. The van der Waals surface area contributed by atoms with Gasteiger partial charge in [0.25, 0.3) is 11.8 Å². The maximum atomic E-state index is 14.2. The number of nitrogens with zero attached hydrogens (tertiary/aromatic N) is 1. The lowest BCUT2D eigenvalue weighted by Crippen LogP contribution is -2.46. The summed E-state index contributed by atoms with van der Waals surface area (Å²) >= 11 is 0. The van der Waals surface area contributed by atoms with Gasteiger partial charge in [-0.05, 0) is 59.3 Å². The van der Waals surface area contributed by atoms with E-state index in [2.05, 4.69) is 11.2 Å². The van der Waals surface area contributed by atoms with Crippen molar-refractivity contribution in [1.82, 2.24) is 10.2 Å². The molecule has 8 heteroatoms. The summed E-state index contributed by atoms with van der Waals surface area (Å²) in [6.07, 6.45) is 5.35. The van der Waals surface area contributed by atoms with Crippen LogP contribution in [0.5, 0.6) is 0 Å². The van der Waals surface area contributed by atoms with Crippen molar-refractivity contribution >= 4 is 17.7 Å². The first-order valence-corrected chi connectivity index (χ1v) is 11.2. The van der Waals surface area contributed by atoms with Gasteiger partial charge in [0.05, 0.1) is 5.60 Å². The van der Waals surface area contributed by atoms with Crippen LogP contribution < -0.4 is 5.32 Å². The molecule has 0 bridgehead atoms. The zero-order valence-corrected chi connectivity index (χ0v) is 19.4. The molecule has 0 saturated carbocycles. The lowest BCUT2D eigenvalue weighted by Gasteiger charge is -2.32. The van der Waals surface area contributed by atoms with Gasteiger partial charge in [0, 0.05) is 49.6 Å². The van der Waals surface area contributed by atoms with E-state index >= 15 is 0 Å². The van der Waals surface area contributed by atoms with Crippen LogP contribution in [-0.2, 0) is 19.1 Å². The third-order valence-electron chi connectivity index (χ3n) is 5.84. The Hall–Kier alpha value is -2.27. The smallest absolute Gasteiger partial charge is 0.311 e. The van der Waals surface area contributed by atoms with E-state index < -0.39 is 28.9 Å². The fourth-order valence-corrected chi connectivity index (χ4v) is 3.70. The van der Waals surface area contributed by atoms with E-state index in [0.717, 1.165) is 6.42 Å². The van der Waals surface area contributed by atoms with Crippen LogP contribution >= 0.6 is 0 Å². The summed E-state index contributed by atoms with van der Waals surface area (Å²) in [5.74, 6) is -0.745. The second-order valence-corrected chi connectivity index (χ2v) is 9.77. The number of imide groups is 1. The molecule has 178 valence electrons. The van der Waals surface area contributed by atoms with Crippen LogP contribution in [0.1, 0.15) is 72.6 Å². The number of carbonyl (C=O) groups is 3. The first kappa shape index (κ1) is 26.0. The Morgan fingerprint density at radius 2 is 1.84 bits per heavy atom. The number of amides is 3. The predicted octanol–water partition coefficient (Wildman–Crippen LogP) is 3.60. The minimum Gasteiger partial charge on any atom is -0.375 e. The largest absolute Gasteiger partial charge is 0.375 e. The molecule has 0 spiro atoms. The van der Waals surface area contributed by atoms with Crippen molar-refractivity contribution < 1.29 is 27.9 Å². The minimum atomic E-state index is -3.15. The van der Waals surface area contributed by atoms with Crippen LogP contribution in [0.2, 0.25) is 0 Å². The second-order valence-electron chi connectivity index (χ2n) is 9.77. The Kier molecular flexibility index (Phi) is 8.58. The number of carbonyl (C=O) groups excluding carboxylic acids is 3. The van der Waals surface area contributed by atoms with Crippen molar-refractivity contribution in [3.63, 3.8) is 0 Å². The molecule has 0 aromatic heterocycles. The molecule has 1 atom stereocenters. The monoisotopic (exact) mass is 452 g/mol. The molecule has 1 unspecified atom stereocenters. The molecule has 1 aliphatic carbocycles. The zero-order valence-electron chi connectivity index (χ0n) is 19.4. The number of nitrogens with one attached hydrogen (secondary N) is 1. The minimum absolute atomic E-state index is 0.260. The molecular formula is C24H34F2N2O4. The van der Waals surface area contributed by atoms with Gasteiger partial charge < -0.3 is 10.1 Å². The van der Waals surface area contributed by atoms with Gasteiger partial charge in [0.2, 0.25) is 5.91 Å². The van der Waals surface area contributed by atoms with Gasteiger partial charge in [0.15, 0.2) is 0 Å². The van der Waals surface area contributed by atoms with Gasteiger partial charge in [-0.15, -0.1) is 0 Å². The highest BCUT2D eigenvalue weighted by Crippen LogP contribution is 2.32. The van der Waals surface area contributed by atoms with Gasteiger partial charge in [-0.2, -0.15) is 8.78 Å². The Bertz CT molecular complexity index is 791. The van der Waals surface area contributed by atoms with Crippen molar-refractivity contribution in [2.24, 2.45) is 5.92 Å². The third kappa shape index (κ3) is 8.01. The van der Waals surface area contributed by atoms with Crippen LogP contribution in [0.3, 0.4) is 0 Å². The van der Waals surface area contributed by atoms with Crippen molar-refractivity contribution in [3.8, 4) is 11.8 Å². The predicted molar refractivity (Wildman–Crippen MR) is 117 cm³/mol. The van der Waals surface area contributed by atoms with Gasteiger partial charge in [-0.1, -0.05) is 12.3 Å². The van der Waals surface area contributed by atoms with E-state index in [4.69, 9.17) is 4.74 Å². The summed E-state index contributed by atoms with van der Waals surface area (Å²) in [6, 6.07) is 0. The summed E-state index contributed by atoms with van der Waals surface area (Å²) in [7, 11) is 0. The summed E-state index contributed by atoms with van der Waals surface area (Å²) in [5.41, 5.74) is -1.22. The van der Waals surface area contributed by atoms with Crippen LogP contribution in [0.25, 0.3) is 0 Å². The fourth-order valence-electron chi connectivity index (χ4n) is 3.70. The van der Waals surface area contributed by atoms with Crippen LogP contribution in [0.4, 0.5) is 8.78 Å². The highest BCUT2D eigenvalue weighted by molar-refractivity contribution is 6.12. The van der Waals surface area contributed by atoms with Crippen LogP contribution in [-0.4, -0.2) is 52.8 Å². The standard InChI is InChI=1S/C24H34F2N2O4/c1-22(2,27-19(29)17-18-9-7-5-6-8-12-24(18,25)26)14-16-32-23(3,4)13-15-28-20(30)10-11-21(28)31/h10-11,18H,5-7,9,13-17H2,1-4H3,(H,27,29). The molecule has 1 heterocycles. The molecule has 0 fully saturated rings. The van der Waals surface area contributed by atoms with Crippen LogP contribution in [0, 0.1) is 17.8 Å². The number of ether oxygens (including phenoxy) is 1. The Labute approximate surface area is 189 Å². The summed E-state index contributed by atoms with van der Waals surface area (Å²) < 4.78 is 34.4. The quantitative estimate of drug-likeness (QED) is 0.406. The fraction of sp³-hybridized carbons (Fsp3) is 0.708. The van der Waals surface area contributed by atoms with Crippen molar-refractivity contribution in [2.75, 3.05) is 13.2 Å². The molecule has 1 aliphatic heterocycles. The average Bonchev–Trinajstić information content (AvgIpc) is 2.97.